The fourth-order valence-corrected chi connectivity index (χ4v) is 1.91. The van der Waals surface area contributed by atoms with Gasteiger partial charge in [-0.2, -0.15) is 0 Å². The van der Waals surface area contributed by atoms with Crippen molar-refractivity contribution in [3.8, 4) is 5.75 Å². The number of aromatic nitrogens is 1. The number of carboxylic acid groups (broad SMARTS) is 1. The number of methoxy groups -OCH3 is 1. The van der Waals surface area contributed by atoms with E-state index in [1.807, 2.05) is 0 Å². The third-order valence-corrected chi connectivity index (χ3v) is 2.95. The van der Waals surface area contributed by atoms with E-state index in [4.69, 9.17) is 9.84 Å². The molecule has 2 N–H and O–H groups in total. The molecule has 0 spiro atoms. The highest BCUT2D eigenvalue weighted by atomic mass is 16.5. The fraction of sp³-hybridized carbons (Fsp3) is 0.125. The lowest BCUT2D eigenvalue weighted by atomic mass is 10.3. The van der Waals surface area contributed by atoms with E-state index in [0.717, 1.165) is 6.08 Å². The van der Waals surface area contributed by atoms with Gasteiger partial charge in [-0.25, -0.2) is 4.79 Å². The molecule has 6 heteroatoms. The van der Waals surface area contributed by atoms with Crippen molar-refractivity contribution in [1.29, 1.82) is 0 Å². The second kappa shape index (κ2) is 7.12. The molecule has 1 aromatic heterocycles. The quantitative estimate of drug-likeness (QED) is 0.802. The van der Waals surface area contributed by atoms with Gasteiger partial charge in [0.15, 0.2) is 0 Å². The van der Waals surface area contributed by atoms with Crippen molar-refractivity contribution in [3.63, 3.8) is 0 Å². The van der Waals surface area contributed by atoms with Crippen LogP contribution in [0.3, 0.4) is 0 Å². The Bertz CT molecular complexity index is 686. The van der Waals surface area contributed by atoms with Gasteiger partial charge in [0.05, 0.1) is 7.11 Å². The van der Waals surface area contributed by atoms with Crippen molar-refractivity contribution < 1.29 is 19.4 Å². The number of carbonyl (C=O) groups is 2. The summed E-state index contributed by atoms with van der Waals surface area (Å²) in [5.74, 6) is -0.522. The predicted octanol–water partition coefficient (Wildman–Crippen LogP) is 2.23. The fourth-order valence-electron chi connectivity index (χ4n) is 1.91. The molecule has 0 saturated carbocycles. The number of carboxylic acids is 1. The van der Waals surface area contributed by atoms with Gasteiger partial charge in [-0.1, -0.05) is 0 Å². The Morgan fingerprint density at radius 3 is 2.64 bits per heavy atom. The SMILES string of the molecule is COc1ccc(NC(=O)Cn2cccc2/C=C/C(=O)O)cc1. The number of amides is 1. The largest absolute Gasteiger partial charge is 0.497 e. The van der Waals surface area contributed by atoms with Crippen LogP contribution < -0.4 is 10.1 Å². The molecule has 1 aromatic carbocycles. The summed E-state index contributed by atoms with van der Waals surface area (Å²) in [5.41, 5.74) is 1.31. The van der Waals surface area contributed by atoms with Crippen LogP contribution >= 0.6 is 0 Å². The molecule has 0 atom stereocenters. The summed E-state index contributed by atoms with van der Waals surface area (Å²) in [4.78, 5) is 22.6. The van der Waals surface area contributed by atoms with E-state index in [9.17, 15) is 9.59 Å². The number of anilines is 1. The molecule has 0 bridgehead atoms. The van der Waals surface area contributed by atoms with Crippen LogP contribution in [0.2, 0.25) is 0 Å². The summed E-state index contributed by atoms with van der Waals surface area (Å²) in [6.45, 7) is 0.0956. The van der Waals surface area contributed by atoms with E-state index in [1.54, 1.807) is 54.3 Å². The summed E-state index contributed by atoms with van der Waals surface area (Å²) in [6.07, 6.45) is 4.20. The zero-order valence-corrected chi connectivity index (χ0v) is 12.0. The van der Waals surface area contributed by atoms with Gasteiger partial charge in [-0.3, -0.25) is 4.79 Å². The van der Waals surface area contributed by atoms with Crippen molar-refractivity contribution in [1.82, 2.24) is 4.57 Å². The smallest absolute Gasteiger partial charge is 0.328 e. The van der Waals surface area contributed by atoms with E-state index in [2.05, 4.69) is 5.32 Å². The lowest BCUT2D eigenvalue weighted by Crippen LogP contribution is -2.18. The Morgan fingerprint density at radius 2 is 2.00 bits per heavy atom. The molecular formula is C16H16N2O4. The zero-order valence-electron chi connectivity index (χ0n) is 12.0. The first kappa shape index (κ1) is 15.4. The summed E-state index contributed by atoms with van der Waals surface area (Å²) in [6, 6.07) is 10.5. The minimum Gasteiger partial charge on any atom is -0.497 e. The number of nitrogens with one attached hydrogen (secondary N) is 1. The summed E-state index contributed by atoms with van der Waals surface area (Å²) in [5, 5.41) is 11.4. The number of ether oxygens (including phenoxy) is 1. The van der Waals surface area contributed by atoms with Crippen molar-refractivity contribution >= 4 is 23.6 Å². The van der Waals surface area contributed by atoms with E-state index >= 15 is 0 Å². The maximum atomic E-state index is 12.0. The standard InChI is InChI=1S/C16H16N2O4/c1-22-14-7-4-12(5-8-14)17-15(19)11-18-10-2-3-13(18)6-9-16(20)21/h2-10H,11H2,1H3,(H,17,19)(H,20,21)/b9-6+. The van der Waals surface area contributed by atoms with Crippen LogP contribution in [0.1, 0.15) is 5.69 Å². The van der Waals surface area contributed by atoms with Crippen LogP contribution in [0, 0.1) is 0 Å². The Labute approximate surface area is 127 Å². The summed E-state index contributed by atoms with van der Waals surface area (Å²) < 4.78 is 6.71. The van der Waals surface area contributed by atoms with E-state index in [-0.39, 0.29) is 12.5 Å². The molecule has 114 valence electrons. The maximum Gasteiger partial charge on any atom is 0.328 e. The second-order valence-electron chi connectivity index (χ2n) is 4.51. The van der Waals surface area contributed by atoms with Gasteiger partial charge in [0.2, 0.25) is 5.91 Å². The molecule has 1 heterocycles. The molecule has 2 aromatic rings. The van der Waals surface area contributed by atoms with Crippen molar-refractivity contribution in [2.75, 3.05) is 12.4 Å². The van der Waals surface area contributed by atoms with E-state index in [0.29, 0.717) is 17.1 Å². The molecule has 0 aliphatic carbocycles. The first-order chi connectivity index (χ1) is 10.6. The van der Waals surface area contributed by atoms with Gasteiger partial charge >= 0.3 is 5.97 Å². The highest BCUT2D eigenvalue weighted by Gasteiger charge is 2.06. The molecule has 22 heavy (non-hydrogen) atoms. The third kappa shape index (κ3) is 4.24. The minimum absolute atomic E-state index is 0.0956. The zero-order chi connectivity index (χ0) is 15.9. The summed E-state index contributed by atoms with van der Waals surface area (Å²) in [7, 11) is 1.58. The van der Waals surface area contributed by atoms with Gasteiger partial charge in [0.1, 0.15) is 12.3 Å². The van der Waals surface area contributed by atoms with Crippen LogP contribution in [-0.4, -0.2) is 28.7 Å². The number of hydrogen-bond donors (Lipinski definition) is 2. The molecule has 0 radical (unpaired) electrons. The highest BCUT2D eigenvalue weighted by molar-refractivity contribution is 5.91. The third-order valence-electron chi connectivity index (χ3n) is 2.95. The van der Waals surface area contributed by atoms with Gasteiger partial charge < -0.3 is 19.7 Å². The Balaban J connectivity index is 2.00. The Kier molecular flexibility index (Phi) is 4.98. The molecule has 0 fully saturated rings. The first-order valence-electron chi connectivity index (χ1n) is 6.58. The number of aliphatic carboxylic acids is 1. The molecule has 0 aliphatic heterocycles. The average Bonchev–Trinajstić information content (AvgIpc) is 2.93. The molecule has 0 aliphatic rings. The van der Waals surface area contributed by atoms with Crippen molar-refractivity contribution in [3.05, 3.63) is 54.4 Å². The lowest BCUT2D eigenvalue weighted by molar-refractivity contribution is -0.131. The van der Waals surface area contributed by atoms with Gasteiger partial charge in [0.25, 0.3) is 0 Å². The molecule has 2 rings (SSSR count). The molecule has 1 amide bonds. The molecule has 0 saturated heterocycles. The number of nitrogens with zero attached hydrogens (tertiary/aromatic N) is 1. The Hall–Kier alpha value is -3.02. The molecule has 0 unspecified atom stereocenters. The van der Waals surface area contributed by atoms with Gasteiger partial charge in [-0.15, -0.1) is 0 Å². The second-order valence-corrected chi connectivity index (χ2v) is 4.51. The predicted molar refractivity (Wildman–Crippen MR) is 82.7 cm³/mol. The highest BCUT2D eigenvalue weighted by Crippen LogP contribution is 2.15. The van der Waals surface area contributed by atoms with Crippen LogP contribution in [-0.2, 0) is 16.1 Å². The number of hydrogen-bond acceptors (Lipinski definition) is 3. The lowest BCUT2D eigenvalue weighted by Gasteiger charge is -2.08. The van der Waals surface area contributed by atoms with Crippen LogP contribution in [0.25, 0.3) is 6.08 Å². The normalized spacial score (nSPS) is 10.6. The van der Waals surface area contributed by atoms with E-state index in [1.165, 1.54) is 6.08 Å². The number of benzene rings is 1. The molecular weight excluding hydrogens is 284 g/mol. The number of rotatable bonds is 6. The average molecular weight is 300 g/mol. The monoisotopic (exact) mass is 300 g/mol. The van der Waals surface area contributed by atoms with Gasteiger partial charge in [-0.05, 0) is 42.5 Å². The van der Waals surface area contributed by atoms with Gasteiger partial charge in [0, 0.05) is 23.7 Å². The first-order valence-corrected chi connectivity index (χ1v) is 6.58. The van der Waals surface area contributed by atoms with Crippen molar-refractivity contribution in [2.45, 2.75) is 6.54 Å². The van der Waals surface area contributed by atoms with Crippen LogP contribution in [0.5, 0.6) is 5.75 Å². The Morgan fingerprint density at radius 1 is 1.27 bits per heavy atom. The molecule has 6 nitrogen and oxygen atoms in total. The topological polar surface area (TPSA) is 80.6 Å². The number of carbonyl (C=O) groups excluding carboxylic acids is 1. The summed E-state index contributed by atoms with van der Waals surface area (Å²) >= 11 is 0. The van der Waals surface area contributed by atoms with Crippen molar-refractivity contribution in [2.24, 2.45) is 0 Å². The van der Waals surface area contributed by atoms with Crippen LogP contribution in [0.15, 0.2) is 48.7 Å². The van der Waals surface area contributed by atoms with E-state index < -0.39 is 5.97 Å². The minimum atomic E-state index is -1.03. The van der Waals surface area contributed by atoms with Crippen LogP contribution in [0.4, 0.5) is 5.69 Å². The maximum absolute atomic E-state index is 12.0.